The Hall–Kier alpha value is -0.640. The van der Waals surface area contributed by atoms with Gasteiger partial charge in [-0.2, -0.15) is 0 Å². The van der Waals surface area contributed by atoms with Crippen LogP contribution in [-0.2, 0) is 4.79 Å². The van der Waals surface area contributed by atoms with Gasteiger partial charge in [0, 0.05) is 17.9 Å². The van der Waals surface area contributed by atoms with E-state index in [1.54, 1.807) is 0 Å². The Kier molecular flexibility index (Phi) is 4.33. The van der Waals surface area contributed by atoms with E-state index in [-0.39, 0.29) is 17.4 Å². The molecule has 0 aliphatic heterocycles. The van der Waals surface area contributed by atoms with Crippen LogP contribution < -0.4 is 11.1 Å². The summed E-state index contributed by atoms with van der Waals surface area (Å²) in [6.45, 7) is 7.65. The Morgan fingerprint density at radius 3 is 2.31 bits per heavy atom. The number of thiocarbonyl (C=S) groups is 1. The molecule has 0 bridgehead atoms. The molecule has 4 heteroatoms. The standard InChI is InChI=1S/C9H18N2OS/c1-6(5-7(10)13)8(12)11-9(2,3)4/h6H,5H2,1-4H3,(H2,10,13)(H,11,12). The predicted octanol–water partition coefficient (Wildman–Crippen LogP) is 1.21. The van der Waals surface area contributed by atoms with Gasteiger partial charge < -0.3 is 11.1 Å². The lowest BCUT2D eigenvalue weighted by molar-refractivity contribution is -0.125. The molecule has 0 rings (SSSR count). The highest BCUT2D eigenvalue weighted by molar-refractivity contribution is 7.80. The molecule has 13 heavy (non-hydrogen) atoms. The maximum Gasteiger partial charge on any atom is 0.223 e. The molecule has 0 radical (unpaired) electrons. The summed E-state index contributed by atoms with van der Waals surface area (Å²) in [6.07, 6.45) is 0.469. The van der Waals surface area contributed by atoms with Crippen LogP contribution in [0.5, 0.6) is 0 Å². The fraction of sp³-hybridized carbons (Fsp3) is 0.778. The van der Waals surface area contributed by atoms with Crippen LogP contribution in [0.2, 0.25) is 0 Å². The van der Waals surface area contributed by atoms with Crippen molar-refractivity contribution in [2.24, 2.45) is 11.7 Å². The van der Waals surface area contributed by atoms with E-state index < -0.39 is 0 Å². The monoisotopic (exact) mass is 202 g/mol. The Morgan fingerprint density at radius 2 is 2.00 bits per heavy atom. The van der Waals surface area contributed by atoms with Gasteiger partial charge in [0.15, 0.2) is 0 Å². The van der Waals surface area contributed by atoms with Crippen molar-refractivity contribution >= 4 is 23.1 Å². The minimum Gasteiger partial charge on any atom is -0.393 e. The molecule has 0 spiro atoms. The second kappa shape index (κ2) is 4.56. The third kappa shape index (κ3) is 6.51. The first-order valence-corrected chi connectivity index (χ1v) is 4.73. The molecule has 1 unspecified atom stereocenters. The van der Waals surface area contributed by atoms with E-state index in [0.717, 1.165) is 0 Å². The highest BCUT2D eigenvalue weighted by Gasteiger charge is 2.19. The third-order valence-electron chi connectivity index (χ3n) is 1.45. The van der Waals surface area contributed by atoms with Gasteiger partial charge in [0.2, 0.25) is 5.91 Å². The van der Waals surface area contributed by atoms with Gasteiger partial charge in [-0.3, -0.25) is 4.79 Å². The smallest absolute Gasteiger partial charge is 0.223 e. The van der Waals surface area contributed by atoms with Crippen molar-refractivity contribution in [1.29, 1.82) is 0 Å². The van der Waals surface area contributed by atoms with Crippen molar-refractivity contribution in [3.05, 3.63) is 0 Å². The number of rotatable bonds is 3. The van der Waals surface area contributed by atoms with E-state index in [2.05, 4.69) is 5.32 Å². The first kappa shape index (κ1) is 12.4. The summed E-state index contributed by atoms with van der Waals surface area (Å²) in [5.74, 6) is -0.142. The van der Waals surface area contributed by atoms with Gasteiger partial charge in [0.05, 0.1) is 4.99 Å². The SMILES string of the molecule is CC(CC(N)=S)C(=O)NC(C)(C)C. The summed E-state index contributed by atoms with van der Waals surface area (Å²) in [7, 11) is 0. The molecular formula is C9H18N2OS. The first-order valence-electron chi connectivity index (χ1n) is 4.32. The minimum absolute atomic E-state index is 0.000278. The molecule has 0 aromatic carbocycles. The van der Waals surface area contributed by atoms with Crippen LogP contribution in [0.25, 0.3) is 0 Å². The van der Waals surface area contributed by atoms with Gasteiger partial charge in [-0.1, -0.05) is 19.1 Å². The van der Waals surface area contributed by atoms with Crippen molar-refractivity contribution in [2.45, 2.75) is 39.7 Å². The molecule has 0 saturated carbocycles. The first-order chi connectivity index (χ1) is 5.72. The zero-order valence-corrected chi connectivity index (χ0v) is 9.49. The molecule has 0 aliphatic rings. The van der Waals surface area contributed by atoms with Gasteiger partial charge in [-0.05, 0) is 20.8 Å². The lowest BCUT2D eigenvalue weighted by atomic mass is 10.0. The molecule has 0 saturated heterocycles. The molecule has 3 nitrogen and oxygen atoms in total. The lowest BCUT2D eigenvalue weighted by Crippen LogP contribution is -2.43. The maximum atomic E-state index is 11.5. The highest BCUT2D eigenvalue weighted by atomic mass is 32.1. The average molecular weight is 202 g/mol. The van der Waals surface area contributed by atoms with Crippen LogP contribution in [0.15, 0.2) is 0 Å². The normalized spacial score (nSPS) is 13.5. The van der Waals surface area contributed by atoms with Crippen LogP contribution in [0, 0.1) is 5.92 Å². The Bertz CT molecular complexity index is 208. The van der Waals surface area contributed by atoms with E-state index in [4.69, 9.17) is 18.0 Å². The zero-order chi connectivity index (χ0) is 10.6. The van der Waals surface area contributed by atoms with E-state index in [1.165, 1.54) is 0 Å². The van der Waals surface area contributed by atoms with Crippen LogP contribution in [0.4, 0.5) is 0 Å². The van der Waals surface area contributed by atoms with Crippen molar-refractivity contribution in [2.75, 3.05) is 0 Å². The Labute approximate surface area is 85.1 Å². The van der Waals surface area contributed by atoms with E-state index in [0.29, 0.717) is 11.4 Å². The molecule has 0 aromatic heterocycles. The predicted molar refractivity (Wildman–Crippen MR) is 58.5 cm³/mol. The van der Waals surface area contributed by atoms with Crippen molar-refractivity contribution in [3.8, 4) is 0 Å². The molecule has 0 heterocycles. The highest BCUT2D eigenvalue weighted by Crippen LogP contribution is 2.06. The third-order valence-corrected chi connectivity index (χ3v) is 1.62. The molecule has 1 atom stereocenters. The number of hydrogen-bond donors (Lipinski definition) is 2. The number of carbonyl (C=O) groups is 1. The number of nitrogens with two attached hydrogens (primary N) is 1. The molecular weight excluding hydrogens is 184 g/mol. The summed E-state index contributed by atoms with van der Waals surface area (Å²) in [5, 5.41) is 2.87. The van der Waals surface area contributed by atoms with Gasteiger partial charge in [-0.25, -0.2) is 0 Å². The summed E-state index contributed by atoms with van der Waals surface area (Å²) < 4.78 is 0. The molecule has 76 valence electrons. The van der Waals surface area contributed by atoms with Crippen LogP contribution in [0.3, 0.4) is 0 Å². The quantitative estimate of drug-likeness (QED) is 0.676. The van der Waals surface area contributed by atoms with Crippen molar-refractivity contribution in [1.82, 2.24) is 5.32 Å². The molecule has 0 fully saturated rings. The van der Waals surface area contributed by atoms with Crippen LogP contribution in [-0.4, -0.2) is 16.4 Å². The Morgan fingerprint density at radius 1 is 1.54 bits per heavy atom. The summed E-state index contributed by atoms with van der Waals surface area (Å²) in [4.78, 5) is 11.9. The number of amides is 1. The van der Waals surface area contributed by atoms with E-state index in [1.807, 2.05) is 27.7 Å². The summed E-state index contributed by atoms with van der Waals surface area (Å²) in [5.41, 5.74) is 5.15. The second-order valence-corrected chi connectivity index (χ2v) is 4.84. The average Bonchev–Trinajstić information content (AvgIpc) is 1.81. The van der Waals surface area contributed by atoms with Crippen molar-refractivity contribution < 1.29 is 4.79 Å². The van der Waals surface area contributed by atoms with Gasteiger partial charge in [0.1, 0.15) is 0 Å². The van der Waals surface area contributed by atoms with Gasteiger partial charge >= 0.3 is 0 Å². The largest absolute Gasteiger partial charge is 0.393 e. The van der Waals surface area contributed by atoms with Crippen LogP contribution in [0.1, 0.15) is 34.1 Å². The lowest BCUT2D eigenvalue weighted by Gasteiger charge is -2.23. The fourth-order valence-corrected chi connectivity index (χ4v) is 1.14. The van der Waals surface area contributed by atoms with E-state index in [9.17, 15) is 4.79 Å². The van der Waals surface area contributed by atoms with E-state index >= 15 is 0 Å². The number of carbonyl (C=O) groups excluding carboxylic acids is 1. The molecule has 3 N–H and O–H groups in total. The number of hydrogen-bond acceptors (Lipinski definition) is 2. The Balaban J connectivity index is 4.05. The topological polar surface area (TPSA) is 55.1 Å². The zero-order valence-electron chi connectivity index (χ0n) is 8.68. The summed E-state index contributed by atoms with van der Waals surface area (Å²) >= 11 is 4.73. The van der Waals surface area contributed by atoms with Crippen LogP contribution >= 0.6 is 12.2 Å². The molecule has 0 aliphatic carbocycles. The van der Waals surface area contributed by atoms with Gasteiger partial charge in [0.25, 0.3) is 0 Å². The minimum atomic E-state index is -0.193. The van der Waals surface area contributed by atoms with Crippen molar-refractivity contribution in [3.63, 3.8) is 0 Å². The molecule has 1 amide bonds. The number of nitrogens with one attached hydrogen (secondary N) is 1. The second-order valence-electron chi connectivity index (χ2n) is 4.31. The molecule has 0 aromatic rings. The maximum absolute atomic E-state index is 11.5. The fourth-order valence-electron chi connectivity index (χ4n) is 0.887. The summed E-state index contributed by atoms with van der Waals surface area (Å²) in [6, 6.07) is 0. The van der Waals surface area contributed by atoms with Gasteiger partial charge in [-0.15, -0.1) is 0 Å².